The highest BCUT2D eigenvalue weighted by Crippen LogP contribution is 2.19. The van der Waals surface area contributed by atoms with Crippen molar-refractivity contribution in [3.05, 3.63) is 36.0 Å². The van der Waals surface area contributed by atoms with Gasteiger partial charge in [0.2, 0.25) is 23.6 Å². The zero-order chi connectivity index (χ0) is 31.4. The number of para-hydroxylation sites is 1. The van der Waals surface area contributed by atoms with Gasteiger partial charge in [0.25, 0.3) is 0 Å². The number of benzene rings is 1. The number of carboxylic acids is 1. The molecule has 1 aromatic carbocycles. The smallest absolute Gasteiger partial charge is 0.326 e. The number of aliphatic carboxylic acids is 1. The minimum atomic E-state index is -1.30. The van der Waals surface area contributed by atoms with Crippen LogP contribution in [0.4, 0.5) is 0 Å². The summed E-state index contributed by atoms with van der Waals surface area (Å²) < 4.78 is 0. The number of fused-ring (bicyclic) bond motifs is 1. The minimum Gasteiger partial charge on any atom is -0.480 e. The van der Waals surface area contributed by atoms with E-state index in [0.717, 1.165) is 10.9 Å². The van der Waals surface area contributed by atoms with Crippen molar-refractivity contribution in [3.63, 3.8) is 0 Å². The maximum Gasteiger partial charge on any atom is 0.326 e. The molecule has 0 spiro atoms. The molecular formula is C27H41N9O6. The predicted octanol–water partition coefficient (Wildman–Crippen LogP) is -1.45. The summed E-state index contributed by atoms with van der Waals surface area (Å²) in [6, 6.07) is 2.51. The van der Waals surface area contributed by atoms with E-state index in [1.54, 1.807) is 6.20 Å². The van der Waals surface area contributed by atoms with Crippen LogP contribution in [-0.2, 0) is 30.4 Å². The van der Waals surface area contributed by atoms with E-state index in [1.165, 1.54) is 0 Å². The summed E-state index contributed by atoms with van der Waals surface area (Å²) >= 11 is 0. The molecule has 4 unspecified atom stereocenters. The number of aromatic nitrogens is 1. The Balaban J connectivity index is 2.34. The van der Waals surface area contributed by atoms with Gasteiger partial charge in [-0.2, -0.15) is 0 Å². The third-order valence-corrected chi connectivity index (χ3v) is 6.39. The van der Waals surface area contributed by atoms with Gasteiger partial charge in [-0.15, -0.1) is 0 Å². The molecule has 0 saturated heterocycles. The van der Waals surface area contributed by atoms with E-state index in [-0.39, 0.29) is 44.1 Å². The first kappa shape index (κ1) is 33.5. The molecule has 1 aromatic heterocycles. The van der Waals surface area contributed by atoms with E-state index in [0.29, 0.717) is 5.56 Å². The van der Waals surface area contributed by atoms with E-state index in [9.17, 15) is 29.1 Å². The second kappa shape index (κ2) is 16.0. The van der Waals surface area contributed by atoms with Crippen molar-refractivity contribution in [2.24, 2.45) is 33.8 Å². The standard InChI is InChI=1S/C27H41N9O6/c1-14(2)10-21(26(41)42)36-25(40)20(11-15-13-33-18-7-4-3-6-16(15)18)35-24(39)19(8-5-9-32-27(30)31)34-23(38)17(28)12-22(29)37/h3-4,6-7,13-14,17,19-21,33H,5,8-12,28H2,1-2H3,(H2,29,37)(H,34,38)(H,35,39)(H,36,40)(H,41,42)(H4,30,31,32). The number of H-pyrrole nitrogens is 1. The second-order valence-corrected chi connectivity index (χ2v) is 10.4. The molecule has 0 aliphatic carbocycles. The molecule has 15 heteroatoms. The van der Waals surface area contributed by atoms with Crippen molar-refractivity contribution in [2.75, 3.05) is 6.54 Å². The number of nitrogens with one attached hydrogen (secondary N) is 4. The molecule has 230 valence electrons. The number of carbonyl (C=O) groups is 5. The summed E-state index contributed by atoms with van der Waals surface area (Å²) in [4.78, 5) is 69.6. The molecule has 0 aliphatic rings. The van der Waals surface area contributed by atoms with Gasteiger partial charge in [-0.25, -0.2) is 4.79 Å². The molecule has 2 rings (SSSR count). The normalized spacial score (nSPS) is 13.9. The van der Waals surface area contributed by atoms with Crippen LogP contribution in [0.5, 0.6) is 0 Å². The Morgan fingerprint density at radius 3 is 2.17 bits per heavy atom. The molecular weight excluding hydrogens is 546 g/mol. The molecule has 1 heterocycles. The van der Waals surface area contributed by atoms with Gasteiger partial charge in [-0.3, -0.25) is 24.2 Å². The SMILES string of the molecule is CC(C)CC(NC(=O)C(Cc1c[nH]c2ccccc12)NC(=O)C(CCCN=C(N)N)NC(=O)C(N)CC(N)=O)C(=O)O. The van der Waals surface area contributed by atoms with Crippen molar-refractivity contribution in [1.29, 1.82) is 0 Å². The zero-order valence-corrected chi connectivity index (χ0v) is 23.8. The van der Waals surface area contributed by atoms with Crippen LogP contribution in [0, 0.1) is 5.92 Å². The molecule has 0 fully saturated rings. The van der Waals surface area contributed by atoms with Gasteiger partial charge in [0, 0.05) is 30.1 Å². The molecule has 4 amide bonds. The molecule has 0 aliphatic heterocycles. The van der Waals surface area contributed by atoms with Crippen LogP contribution in [0.15, 0.2) is 35.5 Å². The summed E-state index contributed by atoms with van der Waals surface area (Å²) in [5.74, 6) is -4.40. The second-order valence-electron chi connectivity index (χ2n) is 10.4. The van der Waals surface area contributed by atoms with E-state index >= 15 is 0 Å². The number of aliphatic imine (C=N–C) groups is 1. The Morgan fingerprint density at radius 1 is 0.929 bits per heavy atom. The highest BCUT2D eigenvalue weighted by Gasteiger charge is 2.31. The summed E-state index contributed by atoms with van der Waals surface area (Å²) in [6.07, 6.45) is 1.80. The van der Waals surface area contributed by atoms with Crippen LogP contribution in [-0.4, -0.2) is 76.4 Å². The van der Waals surface area contributed by atoms with Gasteiger partial charge < -0.3 is 49.0 Å². The fraction of sp³-hybridized carbons (Fsp3) is 0.481. The minimum absolute atomic E-state index is 0.0193. The number of primary amides is 1. The lowest BCUT2D eigenvalue weighted by atomic mass is 10.0. The van der Waals surface area contributed by atoms with Crippen LogP contribution in [0.2, 0.25) is 0 Å². The number of carboxylic acid groups (broad SMARTS) is 1. The third kappa shape index (κ3) is 10.7. The van der Waals surface area contributed by atoms with Crippen molar-refractivity contribution in [2.45, 2.75) is 70.1 Å². The number of guanidine groups is 1. The number of amides is 4. The predicted molar refractivity (Wildman–Crippen MR) is 157 cm³/mol. The molecule has 0 saturated carbocycles. The number of carbonyl (C=O) groups excluding carboxylic acids is 4. The monoisotopic (exact) mass is 587 g/mol. The van der Waals surface area contributed by atoms with E-state index < -0.39 is 60.2 Å². The zero-order valence-electron chi connectivity index (χ0n) is 23.8. The van der Waals surface area contributed by atoms with Crippen molar-refractivity contribution < 1.29 is 29.1 Å². The first-order valence-corrected chi connectivity index (χ1v) is 13.6. The first-order chi connectivity index (χ1) is 19.8. The number of hydrogen-bond acceptors (Lipinski definition) is 7. The summed E-state index contributed by atoms with van der Waals surface area (Å²) in [6.45, 7) is 3.81. The highest BCUT2D eigenvalue weighted by atomic mass is 16.4. The molecule has 4 atom stereocenters. The Labute approximate surface area is 243 Å². The van der Waals surface area contributed by atoms with Gasteiger partial charge in [-0.1, -0.05) is 32.0 Å². The molecule has 0 radical (unpaired) electrons. The lowest BCUT2D eigenvalue weighted by Crippen LogP contribution is -2.58. The maximum absolute atomic E-state index is 13.5. The van der Waals surface area contributed by atoms with Crippen molar-refractivity contribution in [1.82, 2.24) is 20.9 Å². The number of aromatic amines is 1. The van der Waals surface area contributed by atoms with Gasteiger partial charge in [0.1, 0.15) is 18.1 Å². The van der Waals surface area contributed by atoms with Crippen molar-refractivity contribution in [3.8, 4) is 0 Å². The fourth-order valence-electron chi connectivity index (χ4n) is 4.33. The van der Waals surface area contributed by atoms with Crippen LogP contribution in [0.25, 0.3) is 10.9 Å². The highest BCUT2D eigenvalue weighted by molar-refractivity contribution is 5.95. The van der Waals surface area contributed by atoms with E-state index in [4.69, 9.17) is 22.9 Å². The summed E-state index contributed by atoms with van der Waals surface area (Å²) in [5.41, 5.74) is 23.1. The van der Waals surface area contributed by atoms with E-state index in [2.05, 4.69) is 25.9 Å². The average molecular weight is 588 g/mol. The molecule has 2 aromatic rings. The van der Waals surface area contributed by atoms with Gasteiger partial charge in [0.15, 0.2) is 5.96 Å². The Morgan fingerprint density at radius 2 is 1.55 bits per heavy atom. The quantitative estimate of drug-likeness (QED) is 0.0594. The van der Waals surface area contributed by atoms with Crippen LogP contribution in [0.1, 0.15) is 45.1 Å². The third-order valence-electron chi connectivity index (χ3n) is 6.39. The summed E-state index contributed by atoms with van der Waals surface area (Å²) in [5, 5.41) is 18.2. The fourth-order valence-corrected chi connectivity index (χ4v) is 4.33. The lowest BCUT2D eigenvalue weighted by molar-refractivity contribution is -0.142. The summed E-state index contributed by atoms with van der Waals surface area (Å²) in [7, 11) is 0. The Kier molecular flexibility index (Phi) is 12.7. The van der Waals surface area contributed by atoms with Crippen LogP contribution < -0.4 is 38.9 Å². The molecule has 0 bridgehead atoms. The van der Waals surface area contributed by atoms with Gasteiger partial charge >= 0.3 is 5.97 Å². The number of nitrogens with zero attached hydrogens (tertiary/aromatic N) is 1. The van der Waals surface area contributed by atoms with Crippen LogP contribution >= 0.6 is 0 Å². The lowest BCUT2D eigenvalue weighted by Gasteiger charge is -2.25. The Bertz CT molecular complexity index is 1290. The Hall–Kier alpha value is -4.66. The first-order valence-electron chi connectivity index (χ1n) is 13.6. The largest absolute Gasteiger partial charge is 0.480 e. The number of rotatable bonds is 17. The number of hydrogen-bond donors (Lipinski definition) is 9. The molecule has 13 N–H and O–H groups in total. The molecule has 15 nitrogen and oxygen atoms in total. The number of nitrogens with two attached hydrogens (primary N) is 4. The van der Waals surface area contributed by atoms with E-state index in [1.807, 2.05) is 38.1 Å². The maximum atomic E-state index is 13.5. The average Bonchev–Trinajstić information content (AvgIpc) is 3.31. The van der Waals surface area contributed by atoms with Crippen molar-refractivity contribution >= 4 is 46.5 Å². The topological polar surface area (TPSA) is 274 Å². The van der Waals surface area contributed by atoms with Crippen LogP contribution in [0.3, 0.4) is 0 Å². The van der Waals surface area contributed by atoms with Gasteiger partial charge in [0.05, 0.1) is 12.5 Å². The molecule has 42 heavy (non-hydrogen) atoms. The van der Waals surface area contributed by atoms with Gasteiger partial charge in [-0.05, 0) is 36.8 Å².